The van der Waals surface area contributed by atoms with E-state index in [2.05, 4.69) is 15.5 Å². The van der Waals surface area contributed by atoms with E-state index in [9.17, 15) is 4.79 Å². The Morgan fingerprint density at radius 2 is 1.93 bits per heavy atom. The largest absolute Gasteiger partial charge is 0.497 e. The Hall–Kier alpha value is -3.00. The lowest BCUT2D eigenvalue weighted by molar-refractivity contribution is -0.118. The Bertz CT molecular complexity index is 870. The summed E-state index contributed by atoms with van der Waals surface area (Å²) in [7, 11) is 1.59. The number of methoxy groups -OCH3 is 1. The van der Waals surface area contributed by atoms with E-state index in [1.54, 1.807) is 13.2 Å². The lowest BCUT2D eigenvalue weighted by Gasteiger charge is -2.05. The lowest BCUT2D eigenvalue weighted by Crippen LogP contribution is -2.24. The Labute approximate surface area is 161 Å². The van der Waals surface area contributed by atoms with Gasteiger partial charge in [0.15, 0.2) is 6.61 Å². The molecule has 0 spiro atoms. The topological polar surface area (TPSA) is 86.5 Å². The number of aromatic nitrogens is 2. The van der Waals surface area contributed by atoms with Gasteiger partial charge in [0.1, 0.15) is 11.5 Å². The van der Waals surface area contributed by atoms with Gasteiger partial charge in [0.05, 0.1) is 12.9 Å². The van der Waals surface area contributed by atoms with Crippen LogP contribution in [0.25, 0.3) is 0 Å². The van der Waals surface area contributed by atoms with Crippen LogP contribution in [0, 0.1) is 0 Å². The molecule has 0 atom stereocenters. The van der Waals surface area contributed by atoms with Crippen molar-refractivity contribution in [2.75, 3.05) is 12.9 Å². The number of benzene rings is 2. The molecule has 1 N–H and O–H groups in total. The van der Waals surface area contributed by atoms with Crippen molar-refractivity contribution < 1.29 is 18.7 Å². The third kappa shape index (κ3) is 6.03. The van der Waals surface area contributed by atoms with Gasteiger partial charge in [0, 0.05) is 12.6 Å². The molecular weight excluding hydrogens is 366 g/mol. The highest BCUT2D eigenvalue weighted by Gasteiger charge is 2.10. The highest BCUT2D eigenvalue weighted by molar-refractivity contribution is 7.99. The molecule has 0 saturated carbocycles. The average Bonchev–Trinajstić information content (AvgIpc) is 3.18. The van der Waals surface area contributed by atoms with Crippen molar-refractivity contribution in [3.8, 4) is 11.5 Å². The van der Waals surface area contributed by atoms with Gasteiger partial charge in [-0.25, -0.2) is 0 Å². The molecule has 140 valence electrons. The summed E-state index contributed by atoms with van der Waals surface area (Å²) in [5.74, 6) is 1.78. The third-order valence-electron chi connectivity index (χ3n) is 3.51. The normalized spacial score (nSPS) is 10.4. The van der Waals surface area contributed by atoms with Gasteiger partial charge in [-0.3, -0.25) is 4.79 Å². The summed E-state index contributed by atoms with van der Waals surface area (Å²) in [6.45, 7) is 0.630. The predicted molar refractivity (Wildman–Crippen MR) is 101 cm³/mol. The molecule has 0 saturated heterocycles. The van der Waals surface area contributed by atoms with Crippen LogP contribution < -0.4 is 14.8 Å². The van der Waals surface area contributed by atoms with Gasteiger partial charge in [-0.05, 0) is 17.7 Å². The van der Waals surface area contributed by atoms with Gasteiger partial charge in [-0.2, -0.15) is 0 Å². The molecule has 1 heterocycles. The molecule has 27 heavy (non-hydrogen) atoms. The lowest BCUT2D eigenvalue weighted by atomic mass is 10.2. The van der Waals surface area contributed by atoms with E-state index in [4.69, 9.17) is 13.9 Å². The number of carbonyl (C=O) groups is 1. The van der Waals surface area contributed by atoms with Crippen LogP contribution in [0.3, 0.4) is 0 Å². The van der Waals surface area contributed by atoms with Crippen molar-refractivity contribution in [2.24, 2.45) is 0 Å². The summed E-state index contributed by atoms with van der Waals surface area (Å²) in [5, 5.41) is 11.0. The summed E-state index contributed by atoms with van der Waals surface area (Å²) in [6, 6.07) is 17.0. The van der Waals surface area contributed by atoms with Crippen LogP contribution in [0.15, 0.2) is 64.2 Å². The van der Waals surface area contributed by atoms with E-state index in [-0.39, 0.29) is 18.3 Å². The fourth-order valence-electron chi connectivity index (χ4n) is 2.17. The molecule has 0 bridgehead atoms. The molecule has 3 aromatic rings. The number of carbonyl (C=O) groups excluding carboxylic acids is 1. The van der Waals surface area contributed by atoms with Crippen molar-refractivity contribution in [1.29, 1.82) is 0 Å². The Balaban J connectivity index is 1.41. The first kappa shape index (κ1) is 18.8. The molecule has 0 aliphatic rings. The van der Waals surface area contributed by atoms with Gasteiger partial charge < -0.3 is 19.2 Å². The van der Waals surface area contributed by atoms with Gasteiger partial charge in [-0.1, -0.05) is 48.2 Å². The van der Waals surface area contributed by atoms with Gasteiger partial charge in [0.25, 0.3) is 11.1 Å². The van der Waals surface area contributed by atoms with E-state index in [0.29, 0.717) is 29.2 Å². The van der Waals surface area contributed by atoms with Crippen LogP contribution in [0.4, 0.5) is 0 Å². The van der Waals surface area contributed by atoms with Crippen LogP contribution in [-0.4, -0.2) is 29.0 Å². The van der Waals surface area contributed by atoms with E-state index in [1.807, 2.05) is 48.5 Å². The molecular formula is C19H19N3O4S. The van der Waals surface area contributed by atoms with E-state index in [1.165, 1.54) is 11.8 Å². The zero-order valence-electron chi connectivity index (χ0n) is 14.8. The maximum Gasteiger partial charge on any atom is 0.277 e. The molecule has 3 rings (SSSR count). The summed E-state index contributed by atoms with van der Waals surface area (Å²) >= 11 is 1.18. The molecule has 1 aromatic heterocycles. The van der Waals surface area contributed by atoms with Crippen molar-refractivity contribution in [3.63, 3.8) is 0 Å². The van der Waals surface area contributed by atoms with Crippen LogP contribution in [0.1, 0.15) is 11.5 Å². The number of hydrogen-bond donors (Lipinski definition) is 1. The van der Waals surface area contributed by atoms with E-state index >= 15 is 0 Å². The third-order valence-corrected chi connectivity index (χ3v) is 4.33. The number of amides is 1. The molecule has 0 aliphatic carbocycles. The molecule has 0 unspecified atom stereocenters. The average molecular weight is 385 g/mol. The van der Waals surface area contributed by atoms with Crippen molar-refractivity contribution in [1.82, 2.24) is 15.5 Å². The van der Waals surface area contributed by atoms with E-state index in [0.717, 1.165) is 5.56 Å². The zero-order chi connectivity index (χ0) is 18.9. The van der Waals surface area contributed by atoms with Crippen LogP contribution in [-0.2, 0) is 17.9 Å². The second kappa shape index (κ2) is 9.63. The number of nitrogens with zero attached hydrogens (tertiary/aromatic N) is 2. The number of hydrogen-bond acceptors (Lipinski definition) is 7. The summed E-state index contributed by atoms with van der Waals surface area (Å²) < 4.78 is 16.2. The minimum Gasteiger partial charge on any atom is -0.497 e. The zero-order valence-corrected chi connectivity index (χ0v) is 15.6. The first-order chi connectivity index (χ1) is 13.2. The molecule has 0 aliphatic heterocycles. The monoisotopic (exact) mass is 385 g/mol. The highest BCUT2D eigenvalue weighted by Crippen LogP contribution is 2.21. The van der Waals surface area contributed by atoms with Crippen LogP contribution in [0.5, 0.6) is 11.5 Å². The van der Waals surface area contributed by atoms with Gasteiger partial charge in [-0.15, -0.1) is 10.2 Å². The number of ether oxygens (including phenoxy) is 2. The second-order valence-electron chi connectivity index (χ2n) is 5.48. The molecule has 2 aromatic carbocycles. The second-order valence-corrected chi connectivity index (χ2v) is 6.41. The van der Waals surface area contributed by atoms with Crippen molar-refractivity contribution >= 4 is 17.7 Å². The van der Waals surface area contributed by atoms with Crippen molar-refractivity contribution in [3.05, 3.63) is 66.1 Å². The number of thioether (sulfide) groups is 1. The number of nitrogens with one attached hydrogen (secondary N) is 1. The maximum absolute atomic E-state index is 11.9. The molecule has 0 radical (unpaired) electrons. The smallest absolute Gasteiger partial charge is 0.277 e. The first-order valence-corrected chi connectivity index (χ1v) is 9.24. The fraction of sp³-hybridized carbons (Fsp3) is 0.211. The summed E-state index contributed by atoms with van der Waals surface area (Å²) in [5.41, 5.74) is 1.05. The molecule has 8 heteroatoms. The van der Waals surface area contributed by atoms with Gasteiger partial charge in [0.2, 0.25) is 5.91 Å². The summed E-state index contributed by atoms with van der Waals surface area (Å²) in [4.78, 5) is 11.9. The molecule has 0 fully saturated rings. The van der Waals surface area contributed by atoms with Crippen molar-refractivity contribution in [2.45, 2.75) is 18.4 Å². The van der Waals surface area contributed by atoms with Crippen LogP contribution >= 0.6 is 11.8 Å². The first-order valence-electron chi connectivity index (χ1n) is 8.25. The SMILES string of the molecule is COc1cccc(OCc2nnc(SCC(=O)NCc3ccccc3)o2)c1. The van der Waals surface area contributed by atoms with Gasteiger partial charge >= 0.3 is 0 Å². The Morgan fingerprint density at radius 1 is 1.11 bits per heavy atom. The standard InChI is InChI=1S/C19H19N3O4S/c1-24-15-8-5-9-16(10-15)25-12-18-21-22-19(26-18)27-13-17(23)20-11-14-6-3-2-4-7-14/h2-10H,11-13H2,1H3,(H,20,23). The molecule has 1 amide bonds. The minimum absolute atomic E-state index is 0.101. The molecule has 7 nitrogen and oxygen atoms in total. The highest BCUT2D eigenvalue weighted by atomic mass is 32.2. The van der Waals surface area contributed by atoms with E-state index < -0.39 is 0 Å². The predicted octanol–water partition coefficient (Wildman–Crippen LogP) is 3.07. The quantitative estimate of drug-likeness (QED) is 0.567. The maximum atomic E-state index is 11.9. The minimum atomic E-state index is -0.101. The fourth-order valence-corrected chi connectivity index (χ4v) is 2.78. The Kier molecular flexibility index (Phi) is 6.70. The number of rotatable bonds is 9. The van der Waals surface area contributed by atoms with Crippen LogP contribution in [0.2, 0.25) is 0 Å². The Morgan fingerprint density at radius 3 is 2.74 bits per heavy atom. The summed E-state index contributed by atoms with van der Waals surface area (Å²) in [6.07, 6.45) is 0.